The van der Waals surface area contributed by atoms with E-state index in [1.807, 2.05) is 14.0 Å². The van der Waals surface area contributed by atoms with Gasteiger partial charge in [-0.3, -0.25) is 9.48 Å². The second kappa shape index (κ2) is 4.98. The second-order valence-electron chi connectivity index (χ2n) is 5.71. The third-order valence-corrected chi connectivity index (χ3v) is 4.34. The summed E-state index contributed by atoms with van der Waals surface area (Å²) in [4.78, 5) is 22.3. The predicted molar refractivity (Wildman–Crippen MR) is 78.1 cm³/mol. The minimum atomic E-state index is -0.705. The highest BCUT2D eigenvalue weighted by molar-refractivity contribution is 5.87. The van der Waals surface area contributed by atoms with E-state index in [0.29, 0.717) is 25.9 Å². The van der Waals surface area contributed by atoms with Crippen LogP contribution in [0.2, 0.25) is 0 Å². The summed E-state index contributed by atoms with van der Waals surface area (Å²) in [5.41, 5.74) is 0.108. The normalized spacial score (nSPS) is 22.1. The lowest BCUT2D eigenvalue weighted by atomic mass is 9.83. The average molecular weight is 289 g/mol. The lowest BCUT2D eigenvalue weighted by Gasteiger charge is -2.24. The van der Waals surface area contributed by atoms with Crippen LogP contribution in [-0.4, -0.2) is 43.9 Å². The molecule has 1 N–H and O–H groups in total. The largest absolute Gasteiger partial charge is 0.481 e. The van der Waals surface area contributed by atoms with E-state index in [1.54, 1.807) is 10.9 Å². The SMILES string of the molecule is CCCC1(C(=O)O)CCN(c2ncnc3c2cnn3C)C1. The first kappa shape index (κ1) is 13.8. The Morgan fingerprint density at radius 3 is 3.00 bits per heavy atom. The van der Waals surface area contributed by atoms with Gasteiger partial charge in [-0.05, 0) is 12.8 Å². The van der Waals surface area contributed by atoms with Crippen LogP contribution in [0.1, 0.15) is 26.2 Å². The van der Waals surface area contributed by atoms with Gasteiger partial charge in [0.1, 0.15) is 12.1 Å². The van der Waals surface area contributed by atoms with Crippen LogP contribution in [0.4, 0.5) is 5.82 Å². The fourth-order valence-electron chi connectivity index (χ4n) is 3.22. The molecule has 0 aliphatic carbocycles. The van der Waals surface area contributed by atoms with E-state index in [4.69, 9.17) is 0 Å². The number of hydrogen-bond donors (Lipinski definition) is 1. The van der Waals surface area contributed by atoms with Gasteiger partial charge in [-0.25, -0.2) is 9.97 Å². The van der Waals surface area contributed by atoms with Gasteiger partial charge in [-0.1, -0.05) is 13.3 Å². The fraction of sp³-hybridized carbons (Fsp3) is 0.571. The molecule has 0 saturated carbocycles. The van der Waals surface area contributed by atoms with Crippen molar-refractivity contribution in [1.82, 2.24) is 19.7 Å². The number of fused-ring (bicyclic) bond motifs is 1. The van der Waals surface area contributed by atoms with Gasteiger partial charge in [0, 0.05) is 20.1 Å². The first-order valence-corrected chi connectivity index (χ1v) is 7.18. The highest BCUT2D eigenvalue weighted by Crippen LogP contribution is 2.38. The monoisotopic (exact) mass is 289 g/mol. The van der Waals surface area contributed by atoms with Gasteiger partial charge in [-0.15, -0.1) is 0 Å². The molecule has 2 aromatic heterocycles. The number of aromatic nitrogens is 4. The topological polar surface area (TPSA) is 84.1 Å². The molecule has 1 unspecified atom stereocenters. The summed E-state index contributed by atoms with van der Waals surface area (Å²) < 4.78 is 1.70. The number of nitrogens with zero attached hydrogens (tertiary/aromatic N) is 5. The molecular weight excluding hydrogens is 270 g/mol. The number of anilines is 1. The van der Waals surface area contributed by atoms with Crippen LogP contribution in [0, 0.1) is 5.41 Å². The van der Waals surface area contributed by atoms with Crippen LogP contribution in [0.3, 0.4) is 0 Å². The summed E-state index contributed by atoms with van der Waals surface area (Å²) in [5, 5.41) is 14.7. The molecule has 0 radical (unpaired) electrons. The number of aryl methyl sites for hydroxylation is 1. The second-order valence-corrected chi connectivity index (χ2v) is 5.71. The zero-order chi connectivity index (χ0) is 15.0. The third kappa shape index (κ3) is 2.12. The standard InChI is InChI=1S/C14H19N5O2/c1-3-4-14(13(20)21)5-6-19(8-14)12-10-7-17-18(2)11(10)15-9-16-12/h7,9H,3-6,8H2,1-2H3,(H,20,21). The summed E-state index contributed by atoms with van der Waals surface area (Å²) in [6, 6.07) is 0. The maximum Gasteiger partial charge on any atom is 0.311 e. The fourth-order valence-corrected chi connectivity index (χ4v) is 3.22. The first-order valence-electron chi connectivity index (χ1n) is 7.18. The number of aliphatic carboxylic acids is 1. The van der Waals surface area contributed by atoms with Crippen molar-refractivity contribution in [3.8, 4) is 0 Å². The van der Waals surface area contributed by atoms with E-state index in [0.717, 1.165) is 23.3 Å². The van der Waals surface area contributed by atoms with Gasteiger partial charge in [0.25, 0.3) is 0 Å². The van der Waals surface area contributed by atoms with Crippen molar-refractivity contribution in [2.24, 2.45) is 12.5 Å². The molecule has 112 valence electrons. The number of carbonyl (C=O) groups is 1. The summed E-state index contributed by atoms with van der Waals surface area (Å²) in [5.74, 6) is 0.0793. The van der Waals surface area contributed by atoms with Gasteiger partial charge >= 0.3 is 5.97 Å². The lowest BCUT2D eigenvalue weighted by molar-refractivity contribution is -0.148. The Kier molecular flexibility index (Phi) is 3.27. The molecule has 1 aliphatic rings. The number of rotatable bonds is 4. The Balaban J connectivity index is 1.96. The molecule has 0 amide bonds. The van der Waals surface area contributed by atoms with Crippen LogP contribution < -0.4 is 4.90 Å². The molecule has 7 nitrogen and oxygen atoms in total. The summed E-state index contributed by atoms with van der Waals surface area (Å²) in [7, 11) is 1.84. The van der Waals surface area contributed by atoms with Crippen molar-refractivity contribution >= 4 is 22.8 Å². The molecule has 0 spiro atoms. The van der Waals surface area contributed by atoms with Crippen LogP contribution in [0.15, 0.2) is 12.5 Å². The smallest absolute Gasteiger partial charge is 0.311 e. The van der Waals surface area contributed by atoms with Gasteiger partial charge in [-0.2, -0.15) is 5.10 Å². The van der Waals surface area contributed by atoms with E-state index < -0.39 is 11.4 Å². The Morgan fingerprint density at radius 1 is 1.48 bits per heavy atom. The van der Waals surface area contributed by atoms with Crippen LogP contribution >= 0.6 is 0 Å². The summed E-state index contributed by atoms with van der Waals surface area (Å²) >= 11 is 0. The number of hydrogen-bond acceptors (Lipinski definition) is 5. The zero-order valence-corrected chi connectivity index (χ0v) is 12.3. The van der Waals surface area contributed by atoms with Crippen molar-refractivity contribution in [2.75, 3.05) is 18.0 Å². The van der Waals surface area contributed by atoms with Crippen molar-refractivity contribution < 1.29 is 9.90 Å². The Morgan fingerprint density at radius 2 is 2.29 bits per heavy atom. The van der Waals surface area contributed by atoms with Crippen molar-refractivity contribution in [2.45, 2.75) is 26.2 Å². The molecule has 0 aromatic carbocycles. The van der Waals surface area contributed by atoms with Gasteiger partial charge < -0.3 is 10.0 Å². The quantitative estimate of drug-likeness (QED) is 0.917. The summed E-state index contributed by atoms with van der Waals surface area (Å²) in [6.07, 6.45) is 5.47. The molecule has 1 atom stereocenters. The van der Waals surface area contributed by atoms with Crippen LogP contribution in [0.5, 0.6) is 0 Å². The van der Waals surface area contributed by atoms with Gasteiger partial charge in [0.05, 0.1) is 17.0 Å². The van der Waals surface area contributed by atoms with Crippen molar-refractivity contribution in [3.05, 3.63) is 12.5 Å². The highest BCUT2D eigenvalue weighted by Gasteiger charge is 2.44. The van der Waals surface area contributed by atoms with E-state index in [-0.39, 0.29) is 0 Å². The van der Waals surface area contributed by atoms with Crippen LogP contribution in [0.25, 0.3) is 11.0 Å². The minimum absolute atomic E-state index is 0.497. The molecule has 1 saturated heterocycles. The average Bonchev–Trinajstić information content (AvgIpc) is 3.05. The molecule has 7 heteroatoms. The Labute approximate surface area is 122 Å². The molecule has 2 aromatic rings. The van der Waals surface area contributed by atoms with E-state index >= 15 is 0 Å². The molecule has 1 aliphatic heterocycles. The number of carboxylic acid groups (broad SMARTS) is 1. The molecule has 21 heavy (non-hydrogen) atoms. The first-order chi connectivity index (χ1) is 10.1. The number of carboxylic acids is 1. The maximum absolute atomic E-state index is 11.7. The minimum Gasteiger partial charge on any atom is -0.481 e. The maximum atomic E-state index is 11.7. The highest BCUT2D eigenvalue weighted by atomic mass is 16.4. The van der Waals surface area contributed by atoms with Crippen LogP contribution in [-0.2, 0) is 11.8 Å². The van der Waals surface area contributed by atoms with Crippen molar-refractivity contribution in [3.63, 3.8) is 0 Å². The Hall–Kier alpha value is -2.18. The summed E-state index contributed by atoms with van der Waals surface area (Å²) in [6.45, 7) is 3.22. The van der Waals surface area contributed by atoms with Gasteiger partial charge in [0.15, 0.2) is 5.65 Å². The molecule has 3 rings (SSSR count). The molecule has 0 bridgehead atoms. The molecule has 3 heterocycles. The predicted octanol–water partition coefficient (Wildman–Crippen LogP) is 1.44. The van der Waals surface area contributed by atoms with E-state index in [9.17, 15) is 9.90 Å². The third-order valence-electron chi connectivity index (χ3n) is 4.34. The van der Waals surface area contributed by atoms with E-state index in [1.165, 1.54) is 6.33 Å². The molecular formula is C14H19N5O2. The Bertz CT molecular complexity index is 683. The molecule has 1 fully saturated rings. The van der Waals surface area contributed by atoms with Gasteiger partial charge in [0.2, 0.25) is 0 Å². The zero-order valence-electron chi connectivity index (χ0n) is 12.3. The lowest BCUT2D eigenvalue weighted by Crippen LogP contribution is -2.34. The van der Waals surface area contributed by atoms with Crippen molar-refractivity contribution in [1.29, 1.82) is 0 Å². The van der Waals surface area contributed by atoms with E-state index in [2.05, 4.69) is 20.0 Å².